The van der Waals surface area contributed by atoms with Crippen LogP contribution < -0.4 is 4.74 Å². The zero-order valence-electron chi connectivity index (χ0n) is 11.2. The molecule has 0 aromatic heterocycles. The van der Waals surface area contributed by atoms with Crippen molar-refractivity contribution in [1.82, 2.24) is 0 Å². The average molecular weight is 311 g/mol. The number of phenols is 1. The number of alkyl halides is 3. The molecule has 22 heavy (non-hydrogen) atoms. The molecule has 0 bridgehead atoms. The number of benzene rings is 2. The zero-order valence-corrected chi connectivity index (χ0v) is 11.2. The number of methoxy groups -OCH3 is 1. The van der Waals surface area contributed by atoms with Gasteiger partial charge in [0.25, 0.3) is 0 Å². The van der Waals surface area contributed by atoms with E-state index in [4.69, 9.17) is 10.00 Å². The lowest BCUT2D eigenvalue weighted by Gasteiger charge is -2.14. The first-order valence-electron chi connectivity index (χ1n) is 5.96. The molecule has 0 saturated carbocycles. The smallest absolute Gasteiger partial charge is 0.420 e. The molecule has 0 atom stereocenters. The van der Waals surface area contributed by atoms with Gasteiger partial charge in [0.05, 0.1) is 24.3 Å². The highest BCUT2D eigenvalue weighted by Gasteiger charge is 2.35. The van der Waals surface area contributed by atoms with Gasteiger partial charge in [-0.2, -0.15) is 18.4 Å². The molecule has 0 aliphatic heterocycles. The van der Waals surface area contributed by atoms with Gasteiger partial charge in [0.15, 0.2) is 11.6 Å². The van der Waals surface area contributed by atoms with Crippen molar-refractivity contribution in [3.63, 3.8) is 0 Å². The summed E-state index contributed by atoms with van der Waals surface area (Å²) in [6, 6.07) is 6.58. The molecule has 2 aromatic rings. The van der Waals surface area contributed by atoms with Gasteiger partial charge in [-0.15, -0.1) is 0 Å². The second-order valence-electron chi connectivity index (χ2n) is 4.38. The Balaban J connectivity index is 2.73. The lowest BCUT2D eigenvalue weighted by Crippen LogP contribution is -2.06. The van der Waals surface area contributed by atoms with Gasteiger partial charge in [0.2, 0.25) is 0 Å². The Morgan fingerprint density at radius 3 is 2.41 bits per heavy atom. The summed E-state index contributed by atoms with van der Waals surface area (Å²) in [6.07, 6.45) is -4.82. The van der Waals surface area contributed by atoms with E-state index in [2.05, 4.69) is 0 Å². The van der Waals surface area contributed by atoms with Gasteiger partial charge in [-0.25, -0.2) is 4.39 Å². The molecule has 0 heterocycles. The SMILES string of the molecule is COc1cc(-c2cc(C#N)cc(C(F)(F)F)c2O)ccc1F. The molecule has 7 heteroatoms. The van der Waals surface area contributed by atoms with Crippen LogP contribution in [0.1, 0.15) is 11.1 Å². The highest BCUT2D eigenvalue weighted by Crippen LogP contribution is 2.42. The third-order valence-corrected chi connectivity index (χ3v) is 3.01. The van der Waals surface area contributed by atoms with Gasteiger partial charge in [-0.1, -0.05) is 6.07 Å². The number of phenolic OH excluding ortho intramolecular Hbond substituents is 1. The van der Waals surface area contributed by atoms with E-state index < -0.39 is 23.3 Å². The van der Waals surface area contributed by atoms with E-state index in [9.17, 15) is 22.7 Å². The van der Waals surface area contributed by atoms with Crippen molar-refractivity contribution in [1.29, 1.82) is 5.26 Å². The largest absolute Gasteiger partial charge is 0.507 e. The molecule has 2 aromatic carbocycles. The molecule has 0 fully saturated rings. The van der Waals surface area contributed by atoms with E-state index in [0.29, 0.717) is 6.07 Å². The average Bonchev–Trinajstić information content (AvgIpc) is 2.47. The number of aromatic hydroxyl groups is 1. The van der Waals surface area contributed by atoms with Gasteiger partial charge >= 0.3 is 6.18 Å². The van der Waals surface area contributed by atoms with Gasteiger partial charge in [-0.3, -0.25) is 0 Å². The summed E-state index contributed by atoms with van der Waals surface area (Å²) < 4.78 is 56.9. The molecule has 114 valence electrons. The van der Waals surface area contributed by atoms with Gasteiger partial charge in [-0.05, 0) is 29.8 Å². The van der Waals surface area contributed by atoms with Crippen molar-refractivity contribution in [3.8, 4) is 28.7 Å². The predicted molar refractivity (Wildman–Crippen MR) is 69.8 cm³/mol. The summed E-state index contributed by atoms with van der Waals surface area (Å²) in [4.78, 5) is 0. The van der Waals surface area contributed by atoms with Crippen LogP contribution in [-0.2, 0) is 6.18 Å². The van der Waals surface area contributed by atoms with Crippen LogP contribution in [-0.4, -0.2) is 12.2 Å². The minimum Gasteiger partial charge on any atom is -0.507 e. The lowest BCUT2D eigenvalue weighted by atomic mass is 9.98. The number of hydrogen-bond donors (Lipinski definition) is 1. The quantitative estimate of drug-likeness (QED) is 0.850. The van der Waals surface area contributed by atoms with E-state index in [1.54, 1.807) is 6.07 Å². The normalized spacial score (nSPS) is 11.1. The third kappa shape index (κ3) is 2.81. The van der Waals surface area contributed by atoms with Crippen LogP contribution in [0.4, 0.5) is 17.6 Å². The summed E-state index contributed by atoms with van der Waals surface area (Å²) in [5.41, 5.74) is -1.74. The first-order chi connectivity index (χ1) is 10.3. The highest BCUT2D eigenvalue weighted by atomic mass is 19.4. The Labute approximate surface area is 123 Å². The number of rotatable bonds is 2. The van der Waals surface area contributed by atoms with Crippen LogP contribution in [0.3, 0.4) is 0 Å². The van der Waals surface area contributed by atoms with Gasteiger partial charge in [0, 0.05) is 5.56 Å². The zero-order chi connectivity index (χ0) is 16.5. The van der Waals surface area contributed by atoms with Crippen molar-refractivity contribution < 1.29 is 27.4 Å². The Kier molecular flexibility index (Phi) is 3.95. The van der Waals surface area contributed by atoms with E-state index in [-0.39, 0.29) is 22.4 Å². The van der Waals surface area contributed by atoms with Gasteiger partial charge in [0.1, 0.15) is 5.75 Å². The Bertz CT molecular complexity index is 763. The summed E-state index contributed by atoms with van der Waals surface area (Å²) in [7, 11) is 1.20. The highest BCUT2D eigenvalue weighted by molar-refractivity contribution is 5.75. The van der Waals surface area contributed by atoms with Crippen LogP contribution in [0, 0.1) is 17.1 Å². The topological polar surface area (TPSA) is 53.2 Å². The Morgan fingerprint density at radius 2 is 1.86 bits per heavy atom. The summed E-state index contributed by atoms with van der Waals surface area (Å²) >= 11 is 0. The molecule has 3 nitrogen and oxygen atoms in total. The van der Waals surface area contributed by atoms with E-state index >= 15 is 0 Å². The maximum atomic E-state index is 13.4. The van der Waals surface area contributed by atoms with Crippen LogP contribution in [0.25, 0.3) is 11.1 Å². The van der Waals surface area contributed by atoms with Gasteiger partial charge < -0.3 is 9.84 Å². The molecule has 0 unspecified atom stereocenters. The van der Waals surface area contributed by atoms with Crippen LogP contribution >= 0.6 is 0 Å². The minimum absolute atomic E-state index is 0.0957. The summed E-state index contributed by atoms with van der Waals surface area (Å²) in [5.74, 6) is -1.91. The minimum atomic E-state index is -4.82. The molecular weight excluding hydrogens is 302 g/mol. The summed E-state index contributed by atoms with van der Waals surface area (Å²) in [6.45, 7) is 0. The number of nitriles is 1. The van der Waals surface area contributed by atoms with Crippen molar-refractivity contribution >= 4 is 0 Å². The van der Waals surface area contributed by atoms with E-state index in [0.717, 1.165) is 18.2 Å². The standard InChI is InChI=1S/C15H9F4NO2/c1-22-13-6-9(2-3-12(13)16)10-4-8(7-20)5-11(14(10)21)15(17,18)19/h2-6,21H,1H3. The van der Waals surface area contributed by atoms with Crippen molar-refractivity contribution in [2.45, 2.75) is 6.18 Å². The van der Waals surface area contributed by atoms with Crippen molar-refractivity contribution in [3.05, 3.63) is 47.3 Å². The molecule has 0 aliphatic rings. The molecule has 0 radical (unpaired) electrons. The fourth-order valence-electron chi connectivity index (χ4n) is 1.96. The van der Waals surface area contributed by atoms with Crippen LogP contribution in [0.15, 0.2) is 30.3 Å². The molecule has 0 saturated heterocycles. The monoisotopic (exact) mass is 311 g/mol. The Hall–Kier alpha value is -2.75. The third-order valence-electron chi connectivity index (χ3n) is 3.01. The number of ether oxygens (including phenoxy) is 1. The predicted octanol–water partition coefficient (Wildman–Crippen LogP) is 4.10. The van der Waals surface area contributed by atoms with Crippen molar-refractivity contribution in [2.24, 2.45) is 0 Å². The van der Waals surface area contributed by atoms with Crippen LogP contribution in [0.5, 0.6) is 11.5 Å². The molecule has 2 rings (SSSR count). The van der Waals surface area contributed by atoms with E-state index in [1.165, 1.54) is 13.2 Å². The van der Waals surface area contributed by atoms with Crippen LogP contribution in [0.2, 0.25) is 0 Å². The van der Waals surface area contributed by atoms with E-state index in [1.807, 2.05) is 0 Å². The van der Waals surface area contributed by atoms with Crippen molar-refractivity contribution in [2.75, 3.05) is 7.11 Å². The molecule has 0 aliphatic carbocycles. The molecule has 0 amide bonds. The number of nitrogens with zero attached hydrogens (tertiary/aromatic N) is 1. The fourth-order valence-corrected chi connectivity index (χ4v) is 1.96. The maximum Gasteiger partial charge on any atom is 0.420 e. The molecular formula is C15H9F4NO2. The molecule has 0 spiro atoms. The number of hydrogen-bond acceptors (Lipinski definition) is 3. The number of halogens is 4. The first kappa shape index (κ1) is 15.6. The first-order valence-corrected chi connectivity index (χ1v) is 5.96. The Morgan fingerprint density at radius 1 is 1.18 bits per heavy atom. The fraction of sp³-hybridized carbons (Fsp3) is 0.133. The summed E-state index contributed by atoms with van der Waals surface area (Å²) in [5, 5.41) is 18.7. The second kappa shape index (κ2) is 5.56. The molecule has 1 N–H and O–H groups in total. The lowest BCUT2D eigenvalue weighted by molar-refractivity contribution is -0.138. The second-order valence-corrected chi connectivity index (χ2v) is 4.38. The maximum absolute atomic E-state index is 13.4.